The average Bonchev–Trinajstić information content (AvgIpc) is 2.27. The number of rotatable bonds is 4. The van der Waals surface area contributed by atoms with Crippen LogP contribution in [-0.4, -0.2) is 23.7 Å². The van der Waals surface area contributed by atoms with E-state index in [4.69, 9.17) is 0 Å². The van der Waals surface area contributed by atoms with Crippen molar-refractivity contribution < 1.29 is 9.59 Å². The van der Waals surface area contributed by atoms with Gasteiger partial charge < -0.3 is 0 Å². The van der Waals surface area contributed by atoms with E-state index in [2.05, 4.69) is 16.6 Å². The van der Waals surface area contributed by atoms with E-state index in [0.29, 0.717) is 0 Å². The highest BCUT2D eigenvalue weighted by Crippen LogP contribution is 2.36. The predicted octanol–water partition coefficient (Wildman–Crippen LogP) is 1.92. The van der Waals surface area contributed by atoms with Crippen molar-refractivity contribution in [1.82, 2.24) is 0 Å². The van der Waals surface area contributed by atoms with Gasteiger partial charge in [-0.25, -0.2) is 9.59 Å². The molecule has 0 aromatic heterocycles. The SMILES string of the molecule is C=CC(N=C=O)C1(N=C=O)CCCCC1. The molecule has 0 heterocycles. The van der Waals surface area contributed by atoms with Crippen LogP contribution in [0.1, 0.15) is 32.1 Å². The van der Waals surface area contributed by atoms with Gasteiger partial charge in [0.05, 0.1) is 0 Å². The van der Waals surface area contributed by atoms with Crippen LogP contribution in [0.15, 0.2) is 22.6 Å². The largest absolute Gasteiger partial charge is 0.235 e. The van der Waals surface area contributed by atoms with Gasteiger partial charge in [0.2, 0.25) is 12.2 Å². The summed E-state index contributed by atoms with van der Waals surface area (Å²) in [6.45, 7) is 3.62. The second kappa shape index (κ2) is 5.40. The minimum atomic E-state index is -0.598. The number of isocyanates is 2. The summed E-state index contributed by atoms with van der Waals surface area (Å²) in [5, 5.41) is 0. The van der Waals surface area contributed by atoms with Crippen LogP contribution < -0.4 is 0 Å². The zero-order valence-electron chi connectivity index (χ0n) is 8.61. The molecular formula is C11H14N2O2. The number of aliphatic imine (C=N–C) groups is 2. The number of carbonyl (C=O) groups excluding carboxylic acids is 2. The molecule has 0 N–H and O–H groups in total. The number of hydrogen-bond donors (Lipinski definition) is 0. The van der Waals surface area contributed by atoms with Crippen LogP contribution in [0.4, 0.5) is 0 Å². The highest BCUT2D eigenvalue weighted by atomic mass is 16.1. The Morgan fingerprint density at radius 1 is 1.20 bits per heavy atom. The Balaban J connectivity index is 3.01. The Hall–Kier alpha value is -1.50. The molecule has 80 valence electrons. The van der Waals surface area contributed by atoms with Crippen LogP contribution in [-0.2, 0) is 9.59 Å². The van der Waals surface area contributed by atoms with Gasteiger partial charge in [-0.2, -0.15) is 9.98 Å². The standard InChI is InChI=1S/C11H14N2O2/c1-2-10(12-8-14)11(13-9-15)6-4-3-5-7-11/h2,10H,1,3-7H2. The van der Waals surface area contributed by atoms with Crippen molar-refractivity contribution >= 4 is 12.2 Å². The predicted molar refractivity (Wildman–Crippen MR) is 56.0 cm³/mol. The highest BCUT2D eigenvalue weighted by molar-refractivity contribution is 5.39. The normalized spacial score (nSPS) is 20.5. The van der Waals surface area contributed by atoms with Gasteiger partial charge in [0.1, 0.15) is 11.6 Å². The van der Waals surface area contributed by atoms with Gasteiger partial charge in [-0.1, -0.05) is 25.3 Å². The maximum atomic E-state index is 10.4. The van der Waals surface area contributed by atoms with E-state index in [1.165, 1.54) is 6.08 Å². The Bertz CT molecular complexity index is 319. The molecule has 1 saturated carbocycles. The van der Waals surface area contributed by atoms with E-state index in [1.807, 2.05) is 0 Å². The van der Waals surface area contributed by atoms with Crippen LogP contribution in [0.25, 0.3) is 0 Å². The Morgan fingerprint density at radius 2 is 1.87 bits per heavy atom. The van der Waals surface area contributed by atoms with Gasteiger partial charge in [-0.3, -0.25) is 0 Å². The molecule has 0 aromatic carbocycles. The molecule has 0 radical (unpaired) electrons. The lowest BCUT2D eigenvalue weighted by atomic mass is 9.77. The summed E-state index contributed by atoms with van der Waals surface area (Å²) in [6, 6.07) is -0.447. The quantitative estimate of drug-likeness (QED) is 0.401. The van der Waals surface area contributed by atoms with Crippen LogP contribution in [0.2, 0.25) is 0 Å². The molecule has 1 atom stereocenters. The molecule has 0 spiro atoms. The average molecular weight is 206 g/mol. The maximum Gasteiger partial charge on any atom is 0.235 e. The lowest BCUT2D eigenvalue weighted by Crippen LogP contribution is -2.40. The Morgan fingerprint density at radius 3 is 2.33 bits per heavy atom. The van der Waals surface area contributed by atoms with Gasteiger partial charge in [-0.05, 0) is 12.8 Å². The van der Waals surface area contributed by atoms with E-state index >= 15 is 0 Å². The zero-order valence-corrected chi connectivity index (χ0v) is 8.61. The third-order valence-electron chi connectivity index (χ3n) is 2.95. The fourth-order valence-corrected chi connectivity index (χ4v) is 2.18. The molecule has 4 heteroatoms. The second-order valence-electron chi connectivity index (χ2n) is 3.77. The van der Waals surface area contributed by atoms with E-state index in [1.54, 1.807) is 12.2 Å². The summed E-state index contributed by atoms with van der Waals surface area (Å²) < 4.78 is 0. The van der Waals surface area contributed by atoms with Crippen molar-refractivity contribution in [3.05, 3.63) is 12.7 Å². The second-order valence-corrected chi connectivity index (χ2v) is 3.77. The molecule has 0 amide bonds. The van der Waals surface area contributed by atoms with Crippen LogP contribution >= 0.6 is 0 Å². The molecule has 1 unspecified atom stereocenters. The molecule has 0 aromatic rings. The molecule has 1 aliphatic carbocycles. The third kappa shape index (κ3) is 2.50. The van der Waals surface area contributed by atoms with E-state index < -0.39 is 11.6 Å². The van der Waals surface area contributed by atoms with E-state index in [0.717, 1.165) is 32.1 Å². The topological polar surface area (TPSA) is 58.9 Å². The Kier molecular flexibility index (Phi) is 4.17. The molecule has 1 aliphatic rings. The molecule has 0 saturated heterocycles. The smallest absolute Gasteiger partial charge is 0.211 e. The van der Waals surface area contributed by atoms with Gasteiger partial charge >= 0.3 is 0 Å². The first-order chi connectivity index (χ1) is 7.29. The third-order valence-corrected chi connectivity index (χ3v) is 2.95. The minimum Gasteiger partial charge on any atom is -0.211 e. The molecular weight excluding hydrogens is 192 g/mol. The molecule has 1 rings (SSSR count). The summed E-state index contributed by atoms with van der Waals surface area (Å²) in [5.41, 5.74) is -0.598. The zero-order chi connectivity index (χ0) is 11.1. The van der Waals surface area contributed by atoms with Gasteiger partial charge in [0.15, 0.2) is 0 Å². The fraction of sp³-hybridized carbons (Fsp3) is 0.636. The molecule has 15 heavy (non-hydrogen) atoms. The van der Waals surface area contributed by atoms with Crippen molar-refractivity contribution in [3.63, 3.8) is 0 Å². The van der Waals surface area contributed by atoms with Crippen LogP contribution in [0, 0.1) is 0 Å². The van der Waals surface area contributed by atoms with Gasteiger partial charge in [0.25, 0.3) is 0 Å². The van der Waals surface area contributed by atoms with Crippen molar-refractivity contribution in [1.29, 1.82) is 0 Å². The lowest BCUT2D eigenvalue weighted by Gasteiger charge is -2.34. The summed E-state index contributed by atoms with van der Waals surface area (Å²) >= 11 is 0. The van der Waals surface area contributed by atoms with Crippen molar-refractivity contribution in [2.75, 3.05) is 0 Å². The van der Waals surface area contributed by atoms with Crippen molar-refractivity contribution in [3.8, 4) is 0 Å². The van der Waals surface area contributed by atoms with E-state index in [-0.39, 0.29) is 0 Å². The van der Waals surface area contributed by atoms with Gasteiger partial charge in [-0.15, -0.1) is 6.58 Å². The first-order valence-electron chi connectivity index (χ1n) is 5.07. The lowest BCUT2D eigenvalue weighted by molar-refractivity contribution is 0.274. The Labute approximate surface area is 88.8 Å². The highest BCUT2D eigenvalue weighted by Gasteiger charge is 2.38. The molecule has 1 fully saturated rings. The summed E-state index contributed by atoms with van der Waals surface area (Å²) in [6.07, 6.45) is 9.27. The van der Waals surface area contributed by atoms with Gasteiger partial charge in [0, 0.05) is 0 Å². The molecule has 4 nitrogen and oxygen atoms in total. The fourth-order valence-electron chi connectivity index (χ4n) is 2.18. The summed E-state index contributed by atoms with van der Waals surface area (Å²) in [5.74, 6) is 0. The monoisotopic (exact) mass is 206 g/mol. The van der Waals surface area contributed by atoms with Crippen molar-refractivity contribution in [2.45, 2.75) is 43.7 Å². The number of hydrogen-bond acceptors (Lipinski definition) is 4. The molecule has 0 bridgehead atoms. The minimum absolute atomic E-state index is 0.447. The maximum absolute atomic E-state index is 10.4. The number of nitrogens with zero attached hydrogens (tertiary/aromatic N) is 2. The first-order valence-corrected chi connectivity index (χ1v) is 5.07. The van der Waals surface area contributed by atoms with Crippen molar-refractivity contribution in [2.24, 2.45) is 9.98 Å². The van der Waals surface area contributed by atoms with Crippen LogP contribution in [0.5, 0.6) is 0 Å². The van der Waals surface area contributed by atoms with Crippen LogP contribution in [0.3, 0.4) is 0 Å². The van der Waals surface area contributed by atoms with E-state index in [9.17, 15) is 9.59 Å². The molecule has 0 aliphatic heterocycles. The first kappa shape index (κ1) is 11.6. The summed E-state index contributed by atoms with van der Waals surface area (Å²) in [7, 11) is 0. The summed E-state index contributed by atoms with van der Waals surface area (Å²) in [4.78, 5) is 28.2.